The summed E-state index contributed by atoms with van der Waals surface area (Å²) in [5.41, 5.74) is 0. The van der Waals surface area contributed by atoms with Crippen LogP contribution in [0.5, 0.6) is 0 Å². The lowest BCUT2D eigenvalue weighted by molar-refractivity contribution is -0.134. The van der Waals surface area contributed by atoms with E-state index in [4.69, 9.17) is 5.26 Å². The zero-order chi connectivity index (χ0) is 12.6. The number of aliphatic imine (C=N–C) groups is 1. The van der Waals surface area contributed by atoms with Crippen LogP contribution in [-0.2, 0) is 4.79 Å². The molecule has 0 aliphatic carbocycles. The molecule has 3 amide bonds. The molecule has 0 bridgehead atoms. The lowest BCUT2D eigenvalue weighted by Gasteiger charge is -2.40. The molecule has 0 N–H and O–H groups in total. The second-order valence-corrected chi connectivity index (χ2v) is 4.06. The molecule has 7 heteroatoms. The molecule has 7 nitrogen and oxygen atoms in total. The normalized spacial score (nSPS) is 27.5. The first-order chi connectivity index (χ1) is 8.07. The minimum absolute atomic E-state index is 0.297. The van der Waals surface area contributed by atoms with Gasteiger partial charge in [0.2, 0.25) is 0 Å². The molecule has 0 aromatic carbocycles. The number of imide groups is 1. The highest BCUT2D eigenvalue weighted by Gasteiger charge is 2.47. The Kier molecular flexibility index (Phi) is 2.71. The molecule has 90 valence electrons. The van der Waals surface area contributed by atoms with Crippen LogP contribution in [0.3, 0.4) is 0 Å². The molecule has 17 heavy (non-hydrogen) atoms. The molecule has 0 aromatic rings. The summed E-state index contributed by atoms with van der Waals surface area (Å²) < 4.78 is 0. The highest BCUT2D eigenvalue weighted by atomic mass is 16.2. The van der Waals surface area contributed by atoms with E-state index in [-0.39, 0.29) is 18.1 Å². The van der Waals surface area contributed by atoms with Crippen molar-refractivity contribution in [2.75, 3.05) is 20.6 Å². The summed E-state index contributed by atoms with van der Waals surface area (Å²) in [6.07, 6.45) is 1.49. The van der Waals surface area contributed by atoms with Crippen LogP contribution in [0.4, 0.5) is 4.79 Å². The number of carbonyl (C=O) groups is 2. The lowest BCUT2D eigenvalue weighted by atomic mass is 10.1. The third-order valence-corrected chi connectivity index (χ3v) is 3.05. The van der Waals surface area contributed by atoms with Gasteiger partial charge in [-0.15, -0.1) is 0 Å². The molecule has 0 spiro atoms. The van der Waals surface area contributed by atoms with Gasteiger partial charge >= 0.3 is 6.03 Å². The van der Waals surface area contributed by atoms with Crippen molar-refractivity contribution in [2.45, 2.75) is 18.6 Å². The molecule has 2 rings (SSSR count). The standard InChI is InChI=1S/C10H13N5O2/c1-13-8-7(9(16)14(2)10(13)17)12-6-15(8)5-3-4-11/h6-8H,3,5H2,1-2H3. The zero-order valence-electron chi connectivity index (χ0n) is 9.70. The van der Waals surface area contributed by atoms with Gasteiger partial charge in [-0.2, -0.15) is 5.26 Å². The smallest absolute Gasteiger partial charge is 0.327 e. The Balaban J connectivity index is 2.21. The van der Waals surface area contributed by atoms with Gasteiger partial charge in [0.25, 0.3) is 5.91 Å². The third-order valence-electron chi connectivity index (χ3n) is 3.05. The maximum Gasteiger partial charge on any atom is 0.327 e. The van der Waals surface area contributed by atoms with Crippen molar-refractivity contribution >= 4 is 18.3 Å². The largest absolute Gasteiger partial charge is 0.339 e. The first-order valence-electron chi connectivity index (χ1n) is 5.28. The fourth-order valence-corrected chi connectivity index (χ4v) is 2.12. The number of hydrogen-bond donors (Lipinski definition) is 0. The number of rotatable bonds is 2. The summed E-state index contributed by atoms with van der Waals surface area (Å²) in [5.74, 6) is -0.297. The molecular formula is C10H13N5O2. The van der Waals surface area contributed by atoms with Gasteiger partial charge < -0.3 is 9.80 Å². The average molecular weight is 235 g/mol. The Bertz CT molecular complexity index is 427. The number of nitrogens with zero attached hydrogens (tertiary/aromatic N) is 5. The zero-order valence-corrected chi connectivity index (χ0v) is 9.70. The summed E-state index contributed by atoms with van der Waals surface area (Å²) >= 11 is 0. The fraction of sp³-hybridized carbons (Fsp3) is 0.600. The molecule has 2 unspecified atom stereocenters. The van der Waals surface area contributed by atoms with E-state index in [9.17, 15) is 9.59 Å². The fourth-order valence-electron chi connectivity index (χ4n) is 2.12. The molecule has 2 heterocycles. The minimum Gasteiger partial charge on any atom is -0.339 e. The van der Waals surface area contributed by atoms with Gasteiger partial charge in [-0.05, 0) is 0 Å². The monoisotopic (exact) mass is 235 g/mol. The van der Waals surface area contributed by atoms with Crippen molar-refractivity contribution in [1.82, 2.24) is 14.7 Å². The van der Waals surface area contributed by atoms with Gasteiger partial charge in [-0.3, -0.25) is 14.7 Å². The van der Waals surface area contributed by atoms with Crippen molar-refractivity contribution in [3.63, 3.8) is 0 Å². The van der Waals surface area contributed by atoms with E-state index >= 15 is 0 Å². The maximum atomic E-state index is 11.9. The molecule has 1 fully saturated rings. The Hall–Kier alpha value is -2.10. The Morgan fingerprint density at radius 1 is 1.47 bits per heavy atom. The van der Waals surface area contributed by atoms with E-state index in [1.54, 1.807) is 18.3 Å². The number of amides is 3. The summed E-state index contributed by atoms with van der Waals surface area (Å²) in [4.78, 5) is 32.1. The molecule has 1 saturated heterocycles. The Morgan fingerprint density at radius 3 is 2.82 bits per heavy atom. The Morgan fingerprint density at radius 2 is 2.18 bits per heavy atom. The van der Waals surface area contributed by atoms with Crippen LogP contribution < -0.4 is 0 Å². The number of nitriles is 1. The van der Waals surface area contributed by atoms with Gasteiger partial charge in [0.1, 0.15) is 6.17 Å². The van der Waals surface area contributed by atoms with Gasteiger partial charge in [0, 0.05) is 20.6 Å². The molecule has 2 atom stereocenters. The van der Waals surface area contributed by atoms with Crippen LogP contribution in [0.15, 0.2) is 4.99 Å². The maximum absolute atomic E-state index is 11.9. The SMILES string of the molecule is CN1C(=O)C2N=CN(CCC#N)C2N(C)C1=O. The van der Waals surface area contributed by atoms with Crippen LogP contribution in [0.2, 0.25) is 0 Å². The highest BCUT2D eigenvalue weighted by molar-refractivity contribution is 6.01. The number of likely N-dealkylation sites (N-methyl/N-ethyl adjacent to an activating group) is 2. The summed E-state index contributed by atoms with van der Waals surface area (Å²) in [7, 11) is 3.09. The molecule has 0 saturated carbocycles. The van der Waals surface area contributed by atoms with E-state index in [0.29, 0.717) is 13.0 Å². The van der Waals surface area contributed by atoms with Crippen molar-refractivity contribution < 1.29 is 9.59 Å². The molecular weight excluding hydrogens is 222 g/mol. The lowest BCUT2D eigenvalue weighted by Crippen LogP contribution is -2.64. The molecule has 2 aliphatic heterocycles. The molecule has 0 radical (unpaired) electrons. The van der Waals surface area contributed by atoms with Gasteiger partial charge in [0.15, 0.2) is 6.04 Å². The predicted octanol–water partition coefficient (Wildman–Crippen LogP) is -0.538. The van der Waals surface area contributed by atoms with Crippen molar-refractivity contribution in [1.29, 1.82) is 5.26 Å². The van der Waals surface area contributed by atoms with Crippen molar-refractivity contribution in [3.05, 3.63) is 0 Å². The van der Waals surface area contributed by atoms with Crippen LogP contribution >= 0.6 is 0 Å². The van der Waals surface area contributed by atoms with E-state index in [1.165, 1.54) is 11.9 Å². The summed E-state index contributed by atoms with van der Waals surface area (Å²) in [5, 5.41) is 8.56. The number of carbonyl (C=O) groups excluding carboxylic acids is 2. The van der Waals surface area contributed by atoms with E-state index in [1.807, 2.05) is 6.07 Å². The second kappa shape index (κ2) is 4.05. The Labute approximate surface area is 98.9 Å². The van der Waals surface area contributed by atoms with Gasteiger partial charge in [-0.25, -0.2) is 4.79 Å². The molecule has 2 aliphatic rings. The van der Waals surface area contributed by atoms with Gasteiger partial charge in [0.05, 0.1) is 18.8 Å². The van der Waals surface area contributed by atoms with Crippen LogP contribution in [-0.4, -0.2) is 65.8 Å². The van der Waals surface area contributed by atoms with Crippen LogP contribution in [0.1, 0.15) is 6.42 Å². The first kappa shape index (κ1) is 11.4. The number of hydrogen-bond acceptors (Lipinski definition) is 5. The third kappa shape index (κ3) is 1.62. The second-order valence-electron chi connectivity index (χ2n) is 4.06. The van der Waals surface area contributed by atoms with E-state index < -0.39 is 6.04 Å². The quantitative estimate of drug-likeness (QED) is 0.644. The number of urea groups is 1. The first-order valence-corrected chi connectivity index (χ1v) is 5.28. The molecule has 0 aromatic heterocycles. The average Bonchev–Trinajstić information content (AvgIpc) is 2.75. The van der Waals surface area contributed by atoms with Crippen LogP contribution in [0.25, 0.3) is 0 Å². The summed E-state index contributed by atoms with van der Waals surface area (Å²) in [6, 6.07) is 1.12. The van der Waals surface area contributed by atoms with E-state index in [2.05, 4.69) is 4.99 Å². The minimum atomic E-state index is -0.568. The topological polar surface area (TPSA) is 80.0 Å². The van der Waals surface area contributed by atoms with Crippen molar-refractivity contribution in [3.8, 4) is 6.07 Å². The predicted molar refractivity (Wildman–Crippen MR) is 58.9 cm³/mol. The van der Waals surface area contributed by atoms with Crippen LogP contribution in [0, 0.1) is 11.3 Å². The van der Waals surface area contributed by atoms with E-state index in [0.717, 1.165) is 4.90 Å². The van der Waals surface area contributed by atoms with Gasteiger partial charge in [-0.1, -0.05) is 0 Å². The van der Waals surface area contributed by atoms with Crippen molar-refractivity contribution in [2.24, 2.45) is 4.99 Å². The summed E-state index contributed by atoms with van der Waals surface area (Å²) in [6.45, 7) is 0.468. The highest BCUT2D eigenvalue weighted by Crippen LogP contribution is 2.24. The number of fused-ring (bicyclic) bond motifs is 1.